The van der Waals surface area contributed by atoms with Gasteiger partial charge in [-0.3, -0.25) is 0 Å². The van der Waals surface area contributed by atoms with E-state index in [0.29, 0.717) is 0 Å². The maximum atomic E-state index is 8.11. The summed E-state index contributed by atoms with van der Waals surface area (Å²) in [4.78, 5) is 2.71. The average molecular weight is 151 g/mol. The van der Waals surface area contributed by atoms with Crippen molar-refractivity contribution in [2.75, 3.05) is 0 Å². The van der Waals surface area contributed by atoms with Crippen LogP contribution in [0.2, 0.25) is 0 Å². The van der Waals surface area contributed by atoms with E-state index in [-0.39, 0.29) is 6.04 Å². The van der Waals surface area contributed by atoms with Gasteiger partial charge in [0, 0.05) is 4.91 Å². The van der Waals surface area contributed by atoms with E-state index in [1.807, 2.05) is 6.08 Å². The van der Waals surface area contributed by atoms with E-state index in [1.165, 1.54) is 0 Å². The van der Waals surface area contributed by atoms with Crippen LogP contribution < -0.4 is 0 Å². The molecule has 11 heavy (non-hydrogen) atoms. The minimum absolute atomic E-state index is 0.0556. The molecule has 0 aromatic rings. The number of unbranched alkanes of at least 4 members (excludes halogenated alkanes) is 1. The summed E-state index contributed by atoms with van der Waals surface area (Å²) in [7, 11) is 0. The minimum atomic E-state index is -0.0556. The highest BCUT2D eigenvalue weighted by atomic mass is 15.1. The highest BCUT2D eigenvalue weighted by Crippen LogP contribution is 2.05. The molecule has 0 bridgehead atoms. The molecule has 0 aliphatic rings. The second-order valence-electron chi connectivity index (χ2n) is 2.23. The highest BCUT2D eigenvalue weighted by molar-refractivity contribution is 4.86. The lowest BCUT2D eigenvalue weighted by molar-refractivity contribution is 0.672. The molecule has 0 saturated carbocycles. The molecule has 1 atom stereocenters. The van der Waals surface area contributed by atoms with Gasteiger partial charge in [-0.2, -0.15) is 0 Å². The topological polar surface area (TPSA) is 48.8 Å². The second kappa shape index (κ2) is 6.90. The average Bonchev–Trinajstić information content (AvgIpc) is 2.03. The zero-order valence-corrected chi connectivity index (χ0v) is 6.61. The zero-order valence-electron chi connectivity index (χ0n) is 6.61. The molecule has 0 aliphatic heterocycles. The number of hydrogen-bond donors (Lipinski definition) is 0. The van der Waals surface area contributed by atoms with Gasteiger partial charge in [0.1, 0.15) is 0 Å². The molecule has 60 valence electrons. The summed E-state index contributed by atoms with van der Waals surface area (Å²) in [6, 6.07) is -0.0556. The smallest absolute Gasteiger partial charge is 0.0552 e. The lowest BCUT2D eigenvalue weighted by atomic mass is 10.1. The Balaban J connectivity index is 3.59. The first-order valence-electron chi connectivity index (χ1n) is 3.62. The molecule has 0 radical (unpaired) electrons. The van der Waals surface area contributed by atoms with E-state index in [4.69, 9.17) is 5.53 Å². The van der Waals surface area contributed by atoms with Crippen molar-refractivity contribution >= 4 is 0 Å². The number of azide groups is 1. The molecule has 0 N–H and O–H groups in total. The summed E-state index contributed by atoms with van der Waals surface area (Å²) in [5.41, 5.74) is 8.11. The van der Waals surface area contributed by atoms with E-state index in [2.05, 4.69) is 23.2 Å². The molecular weight excluding hydrogens is 138 g/mol. The molecule has 0 aromatic heterocycles. The van der Waals surface area contributed by atoms with E-state index in [0.717, 1.165) is 19.3 Å². The standard InChI is InChI=1S/C8H13N3/c1-3-5-6-7-8(4-2)10-11-9/h3-4,8H,1-2,5-7H2/t8-/m0/s1. The molecule has 3 heteroatoms. The zero-order chi connectivity index (χ0) is 8.53. The monoisotopic (exact) mass is 151 g/mol. The fourth-order valence-electron chi connectivity index (χ4n) is 0.760. The maximum Gasteiger partial charge on any atom is 0.0552 e. The van der Waals surface area contributed by atoms with Gasteiger partial charge in [0.25, 0.3) is 0 Å². The van der Waals surface area contributed by atoms with Crippen molar-refractivity contribution in [2.45, 2.75) is 25.3 Å². The van der Waals surface area contributed by atoms with Crippen molar-refractivity contribution in [2.24, 2.45) is 5.11 Å². The molecule has 3 nitrogen and oxygen atoms in total. The Kier molecular flexibility index (Phi) is 6.14. The summed E-state index contributed by atoms with van der Waals surface area (Å²) in [5, 5.41) is 3.54. The van der Waals surface area contributed by atoms with Crippen molar-refractivity contribution in [1.29, 1.82) is 0 Å². The summed E-state index contributed by atoms with van der Waals surface area (Å²) in [6.45, 7) is 7.17. The van der Waals surface area contributed by atoms with Gasteiger partial charge in [-0.05, 0) is 24.8 Å². The number of hydrogen-bond acceptors (Lipinski definition) is 1. The van der Waals surface area contributed by atoms with Crippen LogP contribution in [0.15, 0.2) is 30.4 Å². The lowest BCUT2D eigenvalue weighted by Gasteiger charge is -2.01. The van der Waals surface area contributed by atoms with Crippen LogP contribution in [-0.2, 0) is 0 Å². The summed E-state index contributed by atoms with van der Waals surface area (Å²) < 4.78 is 0. The first-order valence-corrected chi connectivity index (χ1v) is 3.62. The fourth-order valence-corrected chi connectivity index (χ4v) is 0.760. The third kappa shape index (κ3) is 5.25. The van der Waals surface area contributed by atoms with E-state index in [1.54, 1.807) is 6.08 Å². The molecule has 0 fully saturated rings. The van der Waals surface area contributed by atoms with Crippen LogP contribution in [0.5, 0.6) is 0 Å². The Morgan fingerprint density at radius 3 is 2.73 bits per heavy atom. The number of nitrogens with zero attached hydrogens (tertiary/aromatic N) is 3. The number of allylic oxidation sites excluding steroid dienone is 1. The van der Waals surface area contributed by atoms with Crippen LogP contribution in [0.25, 0.3) is 10.4 Å². The third-order valence-corrected chi connectivity index (χ3v) is 1.38. The maximum absolute atomic E-state index is 8.11. The predicted molar refractivity (Wildman–Crippen MR) is 47.2 cm³/mol. The van der Waals surface area contributed by atoms with Crippen molar-refractivity contribution in [3.05, 3.63) is 35.8 Å². The van der Waals surface area contributed by atoms with Gasteiger partial charge in [-0.15, -0.1) is 13.2 Å². The minimum Gasteiger partial charge on any atom is -0.103 e. The fraction of sp³-hybridized carbons (Fsp3) is 0.500. The lowest BCUT2D eigenvalue weighted by Crippen LogP contribution is -1.96. The Labute approximate surface area is 67.0 Å². The number of rotatable bonds is 6. The van der Waals surface area contributed by atoms with Crippen molar-refractivity contribution in [3.63, 3.8) is 0 Å². The quantitative estimate of drug-likeness (QED) is 0.184. The molecule has 0 aliphatic carbocycles. The van der Waals surface area contributed by atoms with Crippen LogP contribution in [0.4, 0.5) is 0 Å². The molecule has 0 unspecified atom stereocenters. The van der Waals surface area contributed by atoms with Crippen molar-refractivity contribution in [1.82, 2.24) is 0 Å². The first kappa shape index (κ1) is 9.79. The molecule has 0 rings (SSSR count). The van der Waals surface area contributed by atoms with Gasteiger partial charge >= 0.3 is 0 Å². The second-order valence-corrected chi connectivity index (χ2v) is 2.23. The van der Waals surface area contributed by atoms with E-state index < -0.39 is 0 Å². The van der Waals surface area contributed by atoms with Crippen LogP contribution in [0.3, 0.4) is 0 Å². The highest BCUT2D eigenvalue weighted by Gasteiger charge is 1.97. The molecular formula is C8H13N3. The molecule has 0 spiro atoms. The molecule has 0 heterocycles. The van der Waals surface area contributed by atoms with Gasteiger partial charge < -0.3 is 0 Å². The Morgan fingerprint density at radius 1 is 1.55 bits per heavy atom. The Hall–Kier alpha value is -1.21. The van der Waals surface area contributed by atoms with Crippen molar-refractivity contribution < 1.29 is 0 Å². The van der Waals surface area contributed by atoms with Gasteiger partial charge in [0.05, 0.1) is 6.04 Å². The molecule has 0 saturated heterocycles. The van der Waals surface area contributed by atoms with Gasteiger partial charge in [0.15, 0.2) is 0 Å². The summed E-state index contributed by atoms with van der Waals surface area (Å²) in [5.74, 6) is 0. The van der Waals surface area contributed by atoms with Crippen LogP contribution in [-0.4, -0.2) is 6.04 Å². The molecule has 0 amide bonds. The largest absolute Gasteiger partial charge is 0.103 e. The van der Waals surface area contributed by atoms with E-state index >= 15 is 0 Å². The van der Waals surface area contributed by atoms with E-state index in [9.17, 15) is 0 Å². The Bertz CT molecular complexity index is 168. The summed E-state index contributed by atoms with van der Waals surface area (Å²) >= 11 is 0. The first-order chi connectivity index (χ1) is 5.35. The van der Waals surface area contributed by atoms with Crippen molar-refractivity contribution in [3.8, 4) is 0 Å². The van der Waals surface area contributed by atoms with Crippen LogP contribution in [0, 0.1) is 0 Å². The SMILES string of the molecule is C=CCCC[C@H](C=C)N=[N+]=[N-]. The Morgan fingerprint density at radius 2 is 2.27 bits per heavy atom. The summed E-state index contributed by atoms with van der Waals surface area (Å²) in [6.07, 6.45) is 6.35. The van der Waals surface area contributed by atoms with Crippen LogP contribution in [0.1, 0.15) is 19.3 Å². The molecule has 0 aromatic carbocycles. The normalized spacial score (nSPS) is 11.3. The third-order valence-electron chi connectivity index (χ3n) is 1.38. The van der Waals surface area contributed by atoms with Crippen LogP contribution >= 0.6 is 0 Å². The van der Waals surface area contributed by atoms with Gasteiger partial charge in [-0.1, -0.05) is 17.3 Å². The predicted octanol–water partition coefficient (Wildman–Crippen LogP) is 3.21. The van der Waals surface area contributed by atoms with Gasteiger partial charge in [-0.25, -0.2) is 0 Å². The van der Waals surface area contributed by atoms with Gasteiger partial charge in [0.2, 0.25) is 0 Å².